The predicted octanol–water partition coefficient (Wildman–Crippen LogP) is 3.80. The van der Waals surface area contributed by atoms with Crippen LogP contribution in [0.15, 0.2) is 52.1 Å². The Labute approximate surface area is 150 Å². The Morgan fingerprint density at radius 1 is 1.28 bits per heavy atom. The van der Waals surface area contributed by atoms with Crippen LogP contribution in [0.5, 0.6) is 0 Å². The molecule has 3 rings (SSSR count). The second-order valence-electron chi connectivity index (χ2n) is 5.64. The highest BCUT2D eigenvalue weighted by atomic mass is 32.2. The molecule has 0 radical (unpaired) electrons. The number of nitrogens with one attached hydrogen (secondary N) is 1. The summed E-state index contributed by atoms with van der Waals surface area (Å²) in [5, 5.41) is 3.46. The van der Waals surface area contributed by atoms with Crippen molar-refractivity contribution in [1.29, 1.82) is 0 Å². The number of carbonyl (C=O) groups is 1. The molecule has 6 heteroatoms. The van der Waals surface area contributed by atoms with Gasteiger partial charge >= 0.3 is 0 Å². The van der Waals surface area contributed by atoms with Crippen molar-refractivity contribution in [2.75, 3.05) is 20.3 Å². The summed E-state index contributed by atoms with van der Waals surface area (Å²) >= 11 is 1.52. The molecule has 25 heavy (non-hydrogen) atoms. The minimum absolute atomic E-state index is 0.0959. The maximum Gasteiger partial charge on any atom is 0.257 e. The summed E-state index contributed by atoms with van der Waals surface area (Å²) in [5.41, 5.74) is 4.49. The fourth-order valence-electron chi connectivity index (χ4n) is 2.44. The molecule has 0 aliphatic carbocycles. The van der Waals surface area contributed by atoms with E-state index in [1.165, 1.54) is 11.8 Å². The van der Waals surface area contributed by atoms with Gasteiger partial charge in [0.05, 0.1) is 6.61 Å². The fourth-order valence-corrected chi connectivity index (χ4v) is 3.22. The first-order chi connectivity index (χ1) is 12.2. The van der Waals surface area contributed by atoms with Gasteiger partial charge in [0.15, 0.2) is 5.58 Å². The van der Waals surface area contributed by atoms with E-state index in [2.05, 4.69) is 10.3 Å². The number of oxazole rings is 1. The van der Waals surface area contributed by atoms with Crippen molar-refractivity contribution in [3.8, 4) is 0 Å². The van der Waals surface area contributed by atoms with Crippen LogP contribution >= 0.6 is 11.8 Å². The van der Waals surface area contributed by atoms with E-state index in [1.807, 2.05) is 43.3 Å². The Kier molecular flexibility index (Phi) is 5.73. The molecule has 1 aromatic heterocycles. The lowest BCUT2D eigenvalue weighted by molar-refractivity contribution is 0.0937. The van der Waals surface area contributed by atoms with Crippen LogP contribution in [0.25, 0.3) is 11.1 Å². The molecule has 1 N–H and O–H groups in total. The van der Waals surface area contributed by atoms with Crippen LogP contribution < -0.4 is 5.32 Å². The van der Waals surface area contributed by atoms with Gasteiger partial charge in [0, 0.05) is 25.0 Å². The van der Waals surface area contributed by atoms with Crippen molar-refractivity contribution in [3.63, 3.8) is 0 Å². The van der Waals surface area contributed by atoms with Gasteiger partial charge in [0.2, 0.25) is 0 Å². The van der Waals surface area contributed by atoms with E-state index in [1.54, 1.807) is 13.2 Å². The average Bonchev–Trinajstić information content (AvgIpc) is 3.05. The Morgan fingerprint density at radius 3 is 2.92 bits per heavy atom. The summed E-state index contributed by atoms with van der Waals surface area (Å²) in [4.78, 5) is 16.6. The van der Waals surface area contributed by atoms with Gasteiger partial charge in [-0.1, -0.05) is 36.0 Å². The highest BCUT2D eigenvalue weighted by Crippen LogP contribution is 2.27. The van der Waals surface area contributed by atoms with Gasteiger partial charge in [0.25, 0.3) is 11.1 Å². The molecule has 2 aromatic carbocycles. The third-order valence-electron chi connectivity index (χ3n) is 3.74. The number of fused-ring (bicyclic) bond motifs is 1. The van der Waals surface area contributed by atoms with Crippen molar-refractivity contribution in [1.82, 2.24) is 10.3 Å². The molecule has 0 fully saturated rings. The van der Waals surface area contributed by atoms with Crippen LogP contribution in [0.3, 0.4) is 0 Å². The lowest BCUT2D eigenvalue weighted by Gasteiger charge is -2.06. The standard InChI is InChI=1S/C19H20N2O3S/c1-13-5-3-8-16-17(13)21-19(24-16)25-12-14-6-4-7-15(11-14)18(22)20-9-10-23-2/h3-8,11H,9-10,12H2,1-2H3,(H,20,22). The molecule has 0 saturated carbocycles. The summed E-state index contributed by atoms with van der Waals surface area (Å²) in [6.07, 6.45) is 0. The summed E-state index contributed by atoms with van der Waals surface area (Å²) in [6.45, 7) is 3.01. The molecule has 0 atom stereocenters. The number of hydrogen-bond donors (Lipinski definition) is 1. The molecule has 0 unspecified atom stereocenters. The quantitative estimate of drug-likeness (QED) is 0.515. The number of thioether (sulfide) groups is 1. The summed E-state index contributed by atoms with van der Waals surface area (Å²) in [5.74, 6) is 0.590. The minimum Gasteiger partial charge on any atom is -0.431 e. The lowest BCUT2D eigenvalue weighted by Crippen LogP contribution is -2.26. The highest BCUT2D eigenvalue weighted by molar-refractivity contribution is 7.98. The van der Waals surface area contributed by atoms with Gasteiger partial charge < -0.3 is 14.5 Å². The maximum absolute atomic E-state index is 12.1. The first-order valence-corrected chi connectivity index (χ1v) is 9.01. The lowest BCUT2D eigenvalue weighted by atomic mass is 10.1. The highest BCUT2D eigenvalue weighted by Gasteiger charge is 2.10. The largest absolute Gasteiger partial charge is 0.431 e. The number of carbonyl (C=O) groups excluding carboxylic acids is 1. The minimum atomic E-state index is -0.0959. The van der Waals surface area contributed by atoms with Crippen molar-refractivity contribution in [3.05, 3.63) is 59.2 Å². The smallest absolute Gasteiger partial charge is 0.257 e. The Balaban J connectivity index is 1.65. The average molecular weight is 356 g/mol. The molecule has 5 nitrogen and oxygen atoms in total. The number of benzene rings is 2. The Hall–Kier alpha value is -2.31. The first kappa shape index (κ1) is 17.5. The van der Waals surface area contributed by atoms with Crippen LogP contribution in [0.4, 0.5) is 0 Å². The number of amides is 1. The van der Waals surface area contributed by atoms with E-state index in [9.17, 15) is 4.79 Å². The van der Waals surface area contributed by atoms with Crippen LogP contribution in [0.1, 0.15) is 21.5 Å². The van der Waals surface area contributed by atoms with Crippen LogP contribution in [0, 0.1) is 6.92 Å². The summed E-state index contributed by atoms with van der Waals surface area (Å²) in [7, 11) is 1.61. The summed E-state index contributed by atoms with van der Waals surface area (Å²) < 4.78 is 10.7. The normalized spacial score (nSPS) is 11.0. The van der Waals surface area contributed by atoms with Crippen molar-refractivity contribution < 1.29 is 13.9 Å². The van der Waals surface area contributed by atoms with Gasteiger partial charge in [-0.15, -0.1) is 0 Å². The number of ether oxygens (including phenoxy) is 1. The van der Waals surface area contributed by atoms with Gasteiger partial charge in [-0.2, -0.15) is 0 Å². The third kappa shape index (κ3) is 4.41. The molecular formula is C19H20N2O3S. The van der Waals surface area contributed by atoms with Crippen LogP contribution in [0.2, 0.25) is 0 Å². The van der Waals surface area contributed by atoms with Crippen molar-refractivity contribution in [2.45, 2.75) is 17.9 Å². The van der Waals surface area contributed by atoms with Crippen molar-refractivity contribution >= 4 is 28.8 Å². The van der Waals surface area contributed by atoms with E-state index < -0.39 is 0 Å². The third-order valence-corrected chi connectivity index (χ3v) is 4.64. The zero-order chi connectivity index (χ0) is 17.6. The molecule has 3 aromatic rings. The number of methoxy groups -OCH3 is 1. The molecule has 0 aliphatic heterocycles. The molecule has 0 spiro atoms. The molecule has 1 heterocycles. The topological polar surface area (TPSA) is 64.4 Å². The van der Waals surface area contributed by atoms with E-state index in [4.69, 9.17) is 9.15 Å². The Bertz CT molecular complexity index is 876. The molecule has 0 saturated heterocycles. The fraction of sp³-hybridized carbons (Fsp3) is 0.263. The monoisotopic (exact) mass is 356 g/mol. The van der Waals surface area contributed by atoms with Crippen molar-refractivity contribution in [2.24, 2.45) is 0 Å². The van der Waals surface area contributed by atoms with Gasteiger partial charge in [-0.05, 0) is 36.2 Å². The van der Waals surface area contributed by atoms with E-state index >= 15 is 0 Å². The SMILES string of the molecule is COCCNC(=O)c1cccc(CSc2nc3c(C)cccc3o2)c1. The van der Waals surface area contributed by atoms with Crippen LogP contribution in [-0.2, 0) is 10.5 Å². The molecule has 1 amide bonds. The zero-order valence-corrected chi connectivity index (χ0v) is 15.1. The number of para-hydroxylation sites is 1. The second kappa shape index (κ2) is 8.18. The van der Waals surface area contributed by atoms with Gasteiger partial charge in [-0.25, -0.2) is 4.98 Å². The van der Waals surface area contributed by atoms with E-state index in [-0.39, 0.29) is 5.91 Å². The number of aryl methyl sites for hydroxylation is 1. The number of rotatable bonds is 7. The first-order valence-electron chi connectivity index (χ1n) is 8.02. The van der Waals surface area contributed by atoms with Gasteiger partial charge in [-0.3, -0.25) is 4.79 Å². The number of hydrogen-bond acceptors (Lipinski definition) is 5. The summed E-state index contributed by atoms with van der Waals surface area (Å²) in [6, 6.07) is 13.5. The molecular weight excluding hydrogens is 336 g/mol. The van der Waals surface area contributed by atoms with E-state index in [0.717, 1.165) is 22.2 Å². The van der Waals surface area contributed by atoms with Crippen LogP contribution in [-0.4, -0.2) is 31.2 Å². The molecule has 0 aliphatic rings. The zero-order valence-electron chi connectivity index (χ0n) is 14.2. The number of nitrogens with zero attached hydrogens (tertiary/aromatic N) is 1. The predicted molar refractivity (Wildman–Crippen MR) is 99.0 cm³/mol. The second-order valence-corrected chi connectivity index (χ2v) is 6.57. The number of aromatic nitrogens is 1. The molecule has 0 bridgehead atoms. The Morgan fingerprint density at radius 2 is 2.12 bits per heavy atom. The maximum atomic E-state index is 12.1. The molecule has 130 valence electrons. The van der Waals surface area contributed by atoms with E-state index in [0.29, 0.717) is 29.7 Å². The van der Waals surface area contributed by atoms with Gasteiger partial charge in [0.1, 0.15) is 5.52 Å².